The molecule has 31 heavy (non-hydrogen) atoms. The molecule has 4 rings (SSSR count). The molecule has 2 bridgehead atoms. The smallest absolute Gasteiger partial charge is 0.338 e. The van der Waals surface area contributed by atoms with Crippen molar-refractivity contribution in [3.8, 4) is 0 Å². The lowest BCUT2D eigenvalue weighted by Crippen LogP contribution is -2.33. The fourth-order valence-electron chi connectivity index (χ4n) is 5.04. The SMILES string of the molecule is CCOC(=O)c1ccc(NC(=O)CCCCCN2C(=O)C3C4C=CC(C4)C3C2=O)cc1. The highest BCUT2D eigenvalue weighted by Gasteiger charge is 2.58. The van der Waals surface area contributed by atoms with E-state index < -0.39 is 0 Å². The van der Waals surface area contributed by atoms with Crippen LogP contribution in [-0.2, 0) is 19.1 Å². The second-order valence-corrected chi connectivity index (χ2v) is 8.48. The van der Waals surface area contributed by atoms with E-state index in [4.69, 9.17) is 4.74 Å². The van der Waals surface area contributed by atoms with Gasteiger partial charge >= 0.3 is 5.97 Å². The normalized spacial score (nSPS) is 25.8. The molecule has 7 heteroatoms. The maximum atomic E-state index is 12.6. The number of rotatable bonds is 9. The number of hydrogen-bond donors (Lipinski definition) is 1. The third-order valence-corrected chi connectivity index (χ3v) is 6.53. The molecule has 0 radical (unpaired) electrons. The van der Waals surface area contributed by atoms with Crippen molar-refractivity contribution in [3.63, 3.8) is 0 Å². The third kappa shape index (κ3) is 4.27. The van der Waals surface area contributed by atoms with Crippen molar-refractivity contribution in [1.29, 1.82) is 0 Å². The predicted molar refractivity (Wildman–Crippen MR) is 114 cm³/mol. The van der Waals surface area contributed by atoms with E-state index in [-0.39, 0.29) is 47.4 Å². The van der Waals surface area contributed by atoms with Gasteiger partial charge in [-0.25, -0.2) is 4.79 Å². The van der Waals surface area contributed by atoms with Gasteiger partial charge in [0.05, 0.1) is 24.0 Å². The molecule has 1 aromatic rings. The average molecular weight is 424 g/mol. The zero-order chi connectivity index (χ0) is 22.0. The highest BCUT2D eigenvalue weighted by atomic mass is 16.5. The van der Waals surface area contributed by atoms with Gasteiger partial charge in [0, 0.05) is 18.7 Å². The van der Waals surface area contributed by atoms with Crippen molar-refractivity contribution in [2.24, 2.45) is 23.7 Å². The minimum absolute atomic E-state index is 0.00383. The van der Waals surface area contributed by atoms with Gasteiger partial charge in [-0.15, -0.1) is 0 Å². The third-order valence-electron chi connectivity index (χ3n) is 6.53. The highest BCUT2D eigenvalue weighted by Crippen LogP contribution is 2.52. The minimum Gasteiger partial charge on any atom is -0.462 e. The molecule has 1 heterocycles. The van der Waals surface area contributed by atoms with E-state index in [1.807, 2.05) is 0 Å². The molecule has 0 spiro atoms. The lowest BCUT2D eigenvalue weighted by Gasteiger charge is -2.17. The number of ether oxygens (including phenoxy) is 1. The average Bonchev–Trinajstić information content (AvgIpc) is 3.43. The quantitative estimate of drug-likeness (QED) is 0.284. The number of carbonyl (C=O) groups excluding carboxylic acids is 4. The fourth-order valence-corrected chi connectivity index (χ4v) is 5.04. The Morgan fingerprint density at radius 1 is 1.00 bits per heavy atom. The molecule has 3 aliphatic rings. The molecule has 1 N–H and O–H groups in total. The van der Waals surface area contributed by atoms with Crippen LogP contribution in [0.1, 0.15) is 49.4 Å². The monoisotopic (exact) mass is 424 g/mol. The van der Waals surface area contributed by atoms with E-state index in [1.54, 1.807) is 31.2 Å². The molecule has 1 aliphatic heterocycles. The van der Waals surface area contributed by atoms with Crippen molar-refractivity contribution in [3.05, 3.63) is 42.0 Å². The molecule has 1 aromatic carbocycles. The van der Waals surface area contributed by atoms with E-state index in [0.717, 1.165) is 12.8 Å². The summed E-state index contributed by atoms with van der Waals surface area (Å²) in [4.78, 5) is 50.5. The largest absolute Gasteiger partial charge is 0.462 e. The number of esters is 1. The molecule has 0 aromatic heterocycles. The predicted octanol–water partition coefficient (Wildman–Crippen LogP) is 3.17. The van der Waals surface area contributed by atoms with Crippen LogP contribution in [-0.4, -0.2) is 41.7 Å². The van der Waals surface area contributed by atoms with Crippen molar-refractivity contribution in [2.75, 3.05) is 18.5 Å². The number of hydrogen-bond acceptors (Lipinski definition) is 5. The van der Waals surface area contributed by atoms with Crippen molar-refractivity contribution < 1.29 is 23.9 Å². The Morgan fingerprint density at radius 3 is 2.26 bits per heavy atom. The zero-order valence-electron chi connectivity index (χ0n) is 17.7. The Kier molecular flexibility index (Phi) is 6.20. The summed E-state index contributed by atoms with van der Waals surface area (Å²) < 4.78 is 4.93. The van der Waals surface area contributed by atoms with Gasteiger partial charge in [0.25, 0.3) is 0 Å². The summed E-state index contributed by atoms with van der Waals surface area (Å²) in [6.45, 7) is 2.51. The zero-order valence-corrected chi connectivity index (χ0v) is 17.7. The van der Waals surface area contributed by atoms with Gasteiger partial charge in [-0.2, -0.15) is 0 Å². The summed E-state index contributed by atoms with van der Waals surface area (Å²) in [6, 6.07) is 6.59. The standard InChI is InChI=1S/C24H28N2O5/c1-2-31-24(30)15-9-11-18(12-10-15)25-19(27)6-4-3-5-13-26-22(28)20-16-7-8-17(14-16)21(20)23(26)29/h7-12,16-17,20-21H,2-6,13-14H2,1H3,(H,25,27). The van der Waals surface area contributed by atoms with Gasteiger partial charge in [0.1, 0.15) is 0 Å². The Bertz CT molecular complexity index is 877. The Hall–Kier alpha value is -2.96. The second kappa shape index (κ2) is 9.04. The van der Waals surface area contributed by atoms with Crippen molar-refractivity contribution >= 4 is 29.4 Å². The summed E-state index contributed by atoms with van der Waals surface area (Å²) in [5.41, 5.74) is 1.07. The van der Waals surface area contributed by atoms with Crippen LogP contribution >= 0.6 is 0 Å². The number of likely N-dealkylation sites (tertiary alicyclic amines) is 1. The van der Waals surface area contributed by atoms with Gasteiger partial charge in [0.2, 0.25) is 17.7 Å². The van der Waals surface area contributed by atoms with Crippen molar-refractivity contribution in [2.45, 2.75) is 39.0 Å². The first-order valence-corrected chi connectivity index (χ1v) is 11.1. The molecule has 1 saturated heterocycles. The van der Waals surface area contributed by atoms with Crippen LogP contribution in [0.15, 0.2) is 36.4 Å². The highest BCUT2D eigenvalue weighted by molar-refractivity contribution is 6.06. The fraction of sp³-hybridized carbons (Fsp3) is 0.500. The number of nitrogens with zero attached hydrogens (tertiary/aromatic N) is 1. The number of benzene rings is 1. The van der Waals surface area contributed by atoms with Gasteiger partial charge < -0.3 is 10.1 Å². The van der Waals surface area contributed by atoms with Gasteiger partial charge in [-0.1, -0.05) is 18.6 Å². The number of imide groups is 1. The summed E-state index contributed by atoms with van der Waals surface area (Å²) in [6.07, 6.45) is 7.67. The van der Waals surface area contributed by atoms with Crippen molar-refractivity contribution in [1.82, 2.24) is 4.90 Å². The minimum atomic E-state index is -0.386. The van der Waals surface area contributed by atoms with Crippen LogP contribution in [0.2, 0.25) is 0 Å². The van der Waals surface area contributed by atoms with E-state index in [2.05, 4.69) is 17.5 Å². The van der Waals surface area contributed by atoms with Gasteiger partial charge in [0.15, 0.2) is 0 Å². The number of allylic oxidation sites excluding steroid dienone is 2. The molecule has 4 atom stereocenters. The van der Waals surface area contributed by atoms with Crippen LogP contribution in [0.5, 0.6) is 0 Å². The number of carbonyl (C=O) groups is 4. The number of unbranched alkanes of at least 4 members (excludes halogenated alkanes) is 2. The van der Waals surface area contributed by atoms with E-state index in [1.165, 1.54) is 4.90 Å². The number of nitrogens with one attached hydrogen (secondary N) is 1. The molecular formula is C24H28N2O5. The Morgan fingerprint density at radius 2 is 1.65 bits per heavy atom. The molecule has 164 valence electrons. The van der Waals surface area contributed by atoms with Crippen LogP contribution in [0, 0.1) is 23.7 Å². The second-order valence-electron chi connectivity index (χ2n) is 8.48. The first-order valence-electron chi connectivity index (χ1n) is 11.1. The molecule has 2 fully saturated rings. The summed E-state index contributed by atoms with van der Waals surface area (Å²) in [5.74, 6) is -0.283. The van der Waals surface area contributed by atoms with Crippen LogP contribution < -0.4 is 5.32 Å². The van der Waals surface area contributed by atoms with Crippen LogP contribution in [0.3, 0.4) is 0 Å². The van der Waals surface area contributed by atoms with E-state index in [0.29, 0.717) is 43.7 Å². The van der Waals surface area contributed by atoms with E-state index >= 15 is 0 Å². The Labute approximate surface area is 181 Å². The summed E-state index contributed by atoms with van der Waals surface area (Å²) >= 11 is 0. The summed E-state index contributed by atoms with van der Waals surface area (Å²) in [5, 5.41) is 2.81. The molecule has 3 amide bonds. The number of amides is 3. The molecule has 1 saturated carbocycles. The van der Waals surface area contributed by atoms with Crippen LogP contribution in [0.25, 0.3) is 0 Å². The van der Waals surface area contributed by atoms with Gasteiger partial charge in [-0.3, -0.25) is 19.3 Å². The first-order chi connectivity index (χ1) is 15.0. The lowest BCUT2D eigenvalue weighted by atomic mass is 9.85. The van der Waals surface area contributed by atoms with Gasteiger partial charge in [-0.05, 0) is 62.3 Å². The lowest BCUT2D eigenvalue weighted by molar-refractivity contribution is -0.140. The number of fused-ring (bicyclic) bond motifs is 5. The maximum absolute atomic E-state index is 12.6. The first kappa shape index (κ1) is 21.3. The summed E-state index contributed by atoms with van der Waals surface area (Å²) in [7, 11) is 0. The topological polar surface area (TPSA) is 92.8 Å². The molecular weight excluding hydrogens is 396 g/mol. The maximum Gasteiger partial charge on any atom is 0.338 e. The Balaban J connectivity index is 1.15. The van der Waals surface area contributed by atoms with Crippen LogP contribution in [0.4, 0.5) is 5.69 Å². The molecule has 7 nitrogen and oxygen atoms in total. The molecule has 4 unspecified atom stereocenters. The molecule has 2 aliphatic carbocycles. The van der Waals surface area contributed by atoms with E-state index in [9.17, 15) is 19.2 Å². The number of anilines is 1.